The molecule has 0 aromatic heterocycles. The largest absolute Gasteiger partial charge is 0.466 e. The van der Waals surface area contributed by atoms with Gasteiger partial charge in [-0.2, -0.15) is 0 Å². The Morgan fingerprint density at radius 2 is 2.55 bits per heavy atom. The van der Waals surface area contributed by atoms with Crippen LogP contribution >= 0.6 is 0 Å². The van der Waals surface area contributed by atoms with Crippen molar-refractivity contribution < 1.29 is 9.53 Å². The Hall–Kier alpha value is -0.790. The summed E-state index contributed by atoms with van der Waals surface area (Å²) in [7, 11) is 0. The molecule has 0 amide bonds. The number of hydrogen-bond donors (Lipinski definition) is 0. The molecular formula is C9H14O2. The molecule has 1 aliphatic carbocycles. The summed E-state index contributed by atoms with van der Waals surface area (Å²) in [6.07, 6.45) is 3.87. The molecule has 0 aromatic rings. The Balaban J connectivity index is 2.34. The topological polar surface area (TPSA) is 26.3 Å². The smallest absolute Gasteiger partial charge is 0.309 e. The molecule has 0 saturated heterocycles. The first-order valence-electron chi connectivity index (χ1n) is 4.06. The lowest BCUT2D eigenvalue weighted by Crippen LogP contribution is -2.14. The van der Waals surface area contributed by atoms with E-state index in [1.807, 2.05) is 6.92 Å². The first-order valence-corrected chi connectivity index (χ1v) is 4.06. The molecule has 0 spiro atoms. The van der Waals surface area contributed by atoms with Gasteiger partial charge in [-0.05, 0) is 26.7 Å². The molecule has 62 valence electrons. The minimum absolute atomic E-state index is 0.0411. The molecule has 0 aliphatic heterocycles. The van der Waals surface area contributed by atoms with Gasteiger partial charge >= 0.3 is 5.97 Å². The van der Waals surface area contributed by atoms with Gasteiger partial charge in [-0.1, -0.05) is 11.6 Å². The van der Waals surface area contributed by atoms with Crippen molar-refractivity contribution >= 4 is 5.97 Å². The third kappa shape index (κ3) is 2.07. The van der Waals surface area contributed by atoms with Gasteiger partial charge < -0.3 is 4.74 Å². The minimum Gasteiger partial charge on any atom is -0.466 e. The molecule has 0 N–H and O–H groups in total. The standard InChI is InChI=1S/C9H14O2/c1-3-11-9(10)8-5-4-7(2)6-8/h4,8H,3,5-6H2,1-2H3/t8-/m0/s1. The van der Waals surface area contributed by atoms with Gasteiger partial charge in [0.1, 0.15) is 0 Å². The molecule has 0 bridgehead atoms. The van der Waals surface area contributed by atoms with Crippen LogP contribution in [0.2, 0.25) is 0 Å². The van der Waals surface area contributed by atoms with Gasteiger partial charge in [0.15, 0.2) is 0 Å². The van der Waals surface area contributed by atoms with Crippen molar-refractivity contribution in [3.05, 3.63) is 11.6 Å². The van der Waals surface area contributed by atoms with Gasteiger partial charge in [-0.25, -0.2) is 0 Å². The number of allylic oxidation sites excluding steroid dienone is 2. The lowest BCUT2D eigenvalue weighted by Gasteiger charge is -2.07. The molecule has 0 heterocycles. The fourth-order valence-electron chi connectivity index (χ4n) is 1.34. The van der Waals surface area contributed by atoms with E-state index >= 15 is 0 Å². The third-order valence-electron chi connectivity index (χ3n) is 1.94. The Morgan fingerprint density at radius 1 is 1.82 bits per heavy atom. The van der Waals surface area contributed by atoms with E-state index in [0.717, 1.165) is 12.8 Å². The molecule has 0 radical (unpaired) electrons. The van der Waals surface area contributed by atoms with Crippen LogP contribution in [0.3, 0.4) is 0 Å². The predicted octanol–water partition coefficient (Wildman–Crippen LogP) is 1.91. The first-order chi connectivity index (χ1) is 5.24. The fraction of sp³-hybridized carbons (Fsp3) is 0.667. The van der Waals surface area contributed by atoms with Gasteiger partial charge in [-0.15, -0.1) is 0 Å². The van der Waals surface area contributed by atoms with Crippen LogP contribution in [0, 0.1) is 5.92 Å². The Morgan fingerprint density at radius 3 is 3.00 bits per heavy atom. The molecule has 0 unspecified atom stereocenters. The van der Waals surface area contributed by atoms with Crippen LogP contribution < -0.4 is 0 Å². The predicted molar refractivity (Wildman–Crippen MR) is 43.1 cm³/mol. The highest BCUT2D eigenvalue weighted by molar-refractivity contribution is 5.73. The summed E-state index contributed by atoms with van der Waals surface area (Å²) >= 11 is 0. The number of carbonyl (C=O) groups is 1. The first kappa shape index (κ1) is 8.31. The van der Waals surface area contributed by atoms with Crippen molar-refractivity contribution in [2.75, 3.05) is 6.61 Å². The zero-order valence-corrected chi connectivity index (χ0v) is 7.09. The maximum absolute atomic E-state index is 11.1. The minimum atomic E-state index is -0.0411. The second-order valence-corrected chi connectivity index (χ2v) is 2.94. The Bertz CT molecular complexity index is 182. The molecule has 2 heteroatoms. The molecular weight excluding hydrogens is 140 g/mol. The number of esters is 1. The average molecular weight is 154 g/mol. The molecule has 2 nitrogen and oxygen atoms in total. The summed E-state index contributed by atoms with van der Waals surface area (Å²) in [4.78, 5) is 11.1. The van der Waals surface area contributed by atoms with Gasteiger partial charge in [-0.3, -0.25) is 4.79 Å². The van der Waals surface area contributed by atoms with Crippen LogP contribution in [0.5, 0.6) is 0 Å². The second-order valence-electron chi connectivity index (χ2n) is 2.94. The van der Waals surface area contributed by atoms with Crippen LogP contribution in [0.1, 0.15) is 26.7 Å². The van der Waals surface area contributed by atoms with E-state index in [1.165, 1.54) is 5.57 Å². The van der Waals surface area contributed by atoms with Gasteiger partial charge in [0.25, 0.3) is 0 Å². The number of hydrogen-bond acceptors (Lipinski definition) is 2. The highest BCUT2D eigenvalue weighted by Crippen LogP contribution is 2.25. The third-order valence-corrected chi connectivity index (χ3v) is 1.94. The number of carbonyl (C=O) groups excluding carboxylic acids is 1. The van der Waals surface area contributed by atoms with E-state index < -0.39 is 0 Å². The van der Waals surface area contributed by atoms with Crippen LogP contribution in [-0.2, 0) is 9.53 Å². The summed E-state index contributed by atoms with van der Waals surface area (Å²) < 4.78 is 4.90. The van der Waals surface area contributed by atoms with Crippen LogP contribution in [0.15, 0.2) is 11.6 Å². The van der Waals surface area contributed by atoms with Crippen molar-refractivity contribution in [3.8, 4) is 0 Å². The SMILES string of the molecule is CCOC(=O)[C@H]1CC=C(C)C1. The van der Waals surface area contributed by atoms with E-state index in [2.05, 4.69) is 13.0 Å². The van der Waals surface area contributed by atoms with Crippen molar-refractivity contribution in [1.82, 2.24) is 0 Å². The zero-order valence-electron chi connectivity index (χ0n) is 7.09. The van der Waals surface area contributed by atoms with Crippen molar-refractivity contribution in [2.24, 2.45) is 5.92 Å². The molecule has 1 rings (SSSR count). The molecule has 0 aromatic carbocycles. The average Bonchev–Trinajstić information content (AvgIpc) is 2.36. The second kappa shape index (κ2) is 3.56. The fourth-order valence-corrected chi connectivity index (χ4v) is 1.34. The van der Waals surface area contributed by atoms with E-state index in [0.29, 0.717) is 6.61 Å². The highest BCUT2D eigenvalue weighted by atomic mass is 16.5. The molecule has 1 aliphatic rings. The van der Waals surface area contributed by atoms with Gasteiger partial charge in [0.2, 0.25) is 0 Å². The number of rotatable bonds is 2. The summed E-state index contributed by atoms with van der Waals surface area (Å²) in [5.41, 5.74) is 1.31. The van der Waals surface area contributed by atoms with Crippen LogP contribution in [0.25, 0.3) is 0 Å². The molecule has 1 atom stereocenters. The van der Waals surface area contributed by atoms with Gasteiger partial charge in [0.05, 0.1) is 12.5 Å². The van der Waals surface area contributed by atoms with E-state index in [1.54, 1.807) is 0 Å². The van der Waals surface area contributed by atoms with Crippen molar-refractivity contribution in [3.63, 3.8) is 0 Å². The Labute approximate surface area is 67.2 Å². The van der Waals surface area contributed by atoms with Gasteiger partial charge in [0, 0.05) is 0 Å². The van der Waals surface area contributed by atoms with Crippen molar-refractivity contribution in [2.45, 2.75) is 26.7 Å². The lowest BCUT2D eigenvalue weighted by atomic mass is 10.1. The van der Waals surface area contributed by atoms with Crippen molar-refractivity contribution in [1.29, 1.82) is 0 Å². The summed E-state index contributed by atoms with van der Waals surface area (Å²) in [6.45, 7) is 4.39. The van der Waals surface area contributed by atoms with E-state index in [9.17, 15) is 4.79 Å². The van der Waals surface area contributed by atoms with E-state index in [4.69, 9.17) is 4.74 Å². The lowest BCUT2D eigenvalue weighted by molar-refractivity contribution is -0.147. The maximum Gasteiger partial charge on any atom is 0.309 e. The normalized spacial score (nSPS) is 23.1. The molecule has 11 heavy (non-hydrogen) atoms. The monoisotopic (exact) mass is 154 g/mol. The summed E-state index contributed by atoms with van der Waals surface area (Å²) in [6, 6.07) is 0. The quantitative estimate of drug-likeness (QED) is 0.448. The summed E-state index contributed by atoms with van der Waals surface area (Å²) in [5.74, 6) is 0.0653. The zero-order chi connectivity index (χ0) is 8.27. The summed E-state index contributed by atoms with van der Waals surface area (Å²) in [5, 5.41) is 0. The molecule has 0 fully saturated rings. The molecule has 0 saturated carbocycles. The Kier molecular flexibility index (Phi) is 2.69. The van der Waals surface area contributed by atoms with Crippen LogP contribution in [0.4, 0.5) is 0 Å². The highest BCUT2D eigenvalue weighted by Gasteiger charge is 2.22. The maximum atomic E-state index is 11.1. The number of ether oxygens (including phenoxy) is 1. The van der Waals surface area contributed by atoms with Crippen LogP contribution in [-0.4, -0.2) is 12.6 Å². The van der Waals surface area contributed by atoms with E-state index in [-0.39, 0.29) is 11.9 Å².